The second-order valence-corrected chi connectivity index (χ2v) is 21.0. The van der Waals surface area contributed by atoms with Crippen molar-refractivity contribution in [2.24, 2.45) is 0 Å². The maximum atomic E-state index is 12.7. The van der Waals surface area contributed by atoms with Gasteiger partial charge in [0.25, 0.3) is 8.32 Å². The first kappa shape index (κ1) is 56.9. The van der Waals surface area contributed by atoms with Crippen molar-refractivity contribution in [2.45, 2.75) is 52.4 Å². The quantitative estimate of drug-likeness (QED) is 0.0303. The second-order valence-electron chi connectivity index (χ2n) is 16.4. The third-order valence-corrected chi connectivity index (χ3v) is 17.5. The minimum atomic E-state index is -3.01. The van der Waals surface area contributed by atoms with Crippen LogP contribution in [0.3, 0.4) is 0 Å². The number of ketones is 4. The zero-order valence-electron chi connectivity index (χ0n) is 38.7. The lowest BCUT2D eigenvalue weighted by atomic mass is 9.93. The molecule has 0 amide bonds. The number of hydrogen-bond acceptors (Lipinski definition) is 15. The molecule has 0 bridgehead atoms. The maximum absolute atomic E-state index is 12.7. The Kier molecular flexibility index (Phi) is 19.6. The minimum absolute atomic E-state index is 0. The summed E-state index contributed by atoms with van der Waals surface area (Å²) < 4.78 is 31.7. The summed E-state index contributed by atoms with van der Waals surface area (Å²) in [5.74, 6) is -2.47. The van der Waals surface area contributed by atoms with Gasteiger partial charge in [0.1, 0.15) is 10.7 Å². The third-order valence-electron chi connectivity index (χ3n) is 11.3. The van der Waals surface area contributed by atoms with E-state index in [1.807, 2.05) is 66.7 Å². The number of thioether (sulfide) groups is 1. The number of thiol groups is 1. The van der Waals surface area contributed by atoms with Gasteiger partial charge in [-0.3, -0.25) is 19.2 Å². The highest BCUT2D eigenvalue weighted by atomic mass is 32.2. The van der Waals surface area contributed by atoms with Crippen LogP contribution in [-0.4, -0.2) is 106 Å². The van der Waals surface area contributed by atoms with Crippen LogP contribution in [0.2, 0.25) is 0 Å². The predicted octanol–water partition coefficient (Wildman–Crippen LogP) is 7.03. The number of Topliss-reactive ketones (excluding diaryl/α,β-unsaturated/α-hetero) is 3. The van der Waals surface area contributed by atoms with Crippen molar-refractivity contribution in [1.29, 1.82) is 0 Å². The lowest BCUT2D eigenvalue weighted by Crippen LogP contribution is -2.73. The van der Waals surface area contributed by atoms with Crippen LogP contribution in [0.1, 0.15) is 67.5 Å². The highest BCUT2D eigenvalue weighted by Gasteiger charge is 2.51. The number of benzene rings is 5. The molecule has 2 aliphatic heterocycles. The van der Waals surface area contributed by atoms with Crippen molar-refractivity contribution in [3.8, 4) is 0 Å². The molecule has 1 fully saturated rings. The fourth-order valence-corrected chi connectivity index (χ4v) is 13.0. The first-order chi connectivity index (χ1) is 33.0. The topological polar surface area (TPSA) is 178 Å². The van der Waals surface area contributed by atoms with Crippen LogP contribution in [0.5, 0.6) is 0 Å². The molecule has 2 heterocycles. The van der Waals surface area contributed by atoms with Gasteiger partial charge in [0, 0.05) is 28.2 Å². The average molecular weight is 1020 g/mol. The molecular formula is C55H58O13S2Si. The first-order valence-corrected chi connectivity index (χ1v) is 25.0. The van der Waals surface area contributed by atoms with E-state index in [1.165, 1.54) is 27.4 Å². The number of hydrogen-bond donors (Lipinski definition) is 1. The van der Waals surface area contributed by atoms with Crippen LogP contribution in [0.4, 0.5) is 0 Å². The monoisotopic (exact) mass is 1020 g/mol. The Morgan fingerprint density at radius 3 is 1.52 bits per heavy atom. The van der Waals surface area contributed by atoms with E-state index in [2.05, 4.69) is 53.8 Å². The van der Waals surface area contributed by atoms with Crippen molar-refractivity contribution in [2.75, 3.05) is 39.4 Å². The minimum Gasteiger partial charge on any atom is -0.473 e. The van der Waals surface area contributed by atoms with Crippen molar-refractivity contribution in [1.82, 2.24) is 0 Å². The van der Waals surface area contributed by atoms with E-state index in [9.17, 15) is 33.6 Å². The van der Waals surface area contributed by atoms with E-state index in [4.69, 9.17) is 23.4 Å². The molecule has 0 saturated carbocycles. The number of carbonyl (C=O) groups excluding carboxylic acids is 7. The third kappa shape index (κ3) is 12.3. The van der Waals surface area contributed by atoms with Crippen molar-refractivity contribution < 1.29 is 61.7 Å². The summed E-state index contributed by atoms with van der Waals surface area (Å²) in [6.07, 6.45) is 2.98. The van der Waals surface area contributed by atoms with E-state index < -0.39 is 60.2 Å². The van der Waals surface area contributed by atoms with Gasteiger partial charge < -0.3 is 28.1 Å². The van der Waals surface area contributed by atoms with Crippen LogP contribution in [0, 0.1) is 0 Å². The summed E-state index contributed by atoms with van der Waals surface area (Å²) in [5.41, 5.74) is -0.797. The van der Waals surface area contributed by atoms with E-state index in [0.29, 0.717) is 29.1 Å². The van der Waals surface area contributed by atoms with Gasteiger partial charge >= 0.3 is 17.9 Å². The number of carbonyl (C=O) groups is 7. The summed E-state index contributed by atoms with van der Waals surface area (Å²) in [6.45, 7) is 5.57. The molecule has 0 radical (unpaired) electrons. The van der Waals surface area contributed by atoms with Crippen LogP contribution in [-0.2, 0) is 52.1 Å². The highest BCUT2D eigenvalue weighted by Crippen LogP contribution is 2.44. The first-order valence-electron chi connectivity index (χ1n) is 21.5. The number of allylic oxidation sites excluding steroid dienone is 2. The molecule has 4 aliphatic rings. The zero-order valence-corrected chi connectivity index (χ0v) is 41.4. The standard InChI is InChI=1S/C23H24O3SSi.C15H12O5S.C10H6O2.C5H8O3.2CH4/c1-23(18-27,22(24)25-2)26-28(19-12-6-3-7-13-19,20-14-8-4-9-15-20)21-16-10-5-11-17-21;1-15(14(18)19-2)7-21-13-11(17)10(16)8-5-3-4-6-9(8)12(13)20-15;11-9-6-5-7-3-1-2-4-8(7)10(9)12;1-5(3-8-5)4(6)7-2;;/h3-17,27H,18H2,1-2H3;3-6H,7H2,1-2H3;1-6H;3H2,1-2H3;2*1H4. The molecule has 372 valence electrons. The van der Waals surface area contributed by atoms with Crippen LogP contribution >= 0.6 is 24.4 Å². The smallest absolute Gasteiger partial charge is 0.350 e. The van der Waals surface area contributed by atoms with E-state index in [-0.39, 0.29) is 37.2 Å². The Labute approximate surface area is 425 Å². The van der Waals surface area contributed by atoms with Gasteiger partial charge in [-0.05, 0) is 48.0 Å². The summed E-state index contributed by atoms with van der Waals surface area (Å²) in [5, 5.41) is 3.18. The van der Waals surface area contributed by atoms with Crippen molar-refractivity contribution >= 4 is 101 Å². The molecule has 5 aromatic carbocycles. The molecule has 3 atom stereocenters. The van der Waals surface area contributed by atoms with Crippen LogP contribution in [0.15, 0.2) is 151 Å². The molecule has 9 rings (SSSR count). The van der Waals surface area contributed by atoms with Gasteiger partial charge in [-0.15, -0.1) is 11.8 Å². The summed E-state index contributed by atoms with van der Waals surface area (Å²) in [6, 6.07) is 44.2. The molecule has 13 nitrogen and oxygen atoms in total. The molecule has 0 aromatic heterocycles. The Hall–Kier alpha value is -6.69. The second kappa shape index (κ2) is 24.4. The molecule has 16 heteroatoms. The number of esters is 3. The van der Waals surface area contributed by atoms with Crippen molar-refractivity contribution in [3.05, 3.63) is 173 Å². The van der Waals surface area contributed by atoms with Crippen molar-refractivity contribution in [3.63, 3.8) is 0 Å². The number of epoxide rings is 1. The number of methoxy groups -OCH3 is 3. The molecule has 2 aliphatic carbocycles. The lowest BCUT2D eigenvalue weighted by molar-refractivity contribution is -0.158. The number of ether oxygens (including phenoxy) is 5. The van der Waals surface area contributed by atoms with Gasteiger partial charge in [-0.2, -0.15) is 12.6 Å². The van der Waals surface area contributed by atoms with E-state index >= 15 is 0 Å². The van der Waals surface area contributed by atoms with E-state index in [0.717, 1.165) is 32.9 Å². The largest absolute Gasteiger partial charge is 0.473 e. The Morgan fingerprint density at radius 1 is 0.620 bits per heavy atom. The highest BCUT2D eigenvalue weighted by molar-refractivity contribution is 8.04. The van der Waals surface area contributed by atoms with E-state index in [1.54, 1.807) is 63.2 Å². The SMILES string of the molecule is C.C.COC(=O)C(C)(CS)O[Si](c1ccccc1)(c1ccccc1)c1ccccc1.COC(=O)C1(C)CO1.COC(=O)C1(C)CSC2=C(O1)c1ccccc1C(=O)C2=O.O=C1C=Cc2ccccc2C1=O. The van der Waals surface area contributed by atoms with Gasteiger partial charge in [0.2, 0.25) is 28.7 Å². The molecule has 0 spiro atoms. The predicted molar refractivity (Wildman–Crippen MR) is 281 cm³/mol. The summed E-state index contributed by atoms with van der Waals surface area (Å²) >= 11 is 5.60. The molecular weight excluding hydrogens is 961 g/mol. The van der Waals surface area contributed by atoms with Gasteiger partial charge in [-0.1, -0.05) is 160 Å². The molecule has 0 N–H and O–H groups in total. The molecule has 3 unspecified atom stereocenters. The van der Waals surface area contributed by atoms with Crippen LogP contribution < -0.4 is 15.6 Å². The normalized spacial score (nSPS) is 18.8. The Morgan fingerprint density at radius 2 is 1.07 bits per heavy atom. The maximum Gasteiger partial charge on any atom is 0.350 e. The summed E-state index contributed by atoms with van der Waals surface area (Å²) in [4.78, 5) is 81.7. The Balaban J connectivity index is 0.000000223. The zero-order chi connectivity index (χ0) is 50.0. The van der Waals surface area contributed by atoms with Gasteiger partial charge in [0.05, 0.1) is 27.9 Å². The fraction of sp³-hybridized carbons (Fsp3) is 0.255. The Bertz CT molecular complexity index is 2710. The fourth-order valence-electron chi connectivity index (χ4n) is 7.40. The molecule has 5 aromatic rings. The average Bonchev–Trinajstić information content (AvgIpc) is 4.16. The molecule has 71 heavy (non-hydrogen) atoms. The summed E-state index contributed by atoms with van der Waals surface area (Å²) in [7, 11) is 1.01. The van der Waals surface area contributed by atoms with Gasteiger partial charge in [0.15, 0.2) is 11.2 Å². The number of fused-ring (bicyclic) bond motifs is 3. The lowest BCUT2D eigenvalue weighted by Gasteiger charge is -2.40. The van der Waals surface area contributed by atoms with Gasteiger partial charge in [-0.25, -0.2) is 14.4 Å². The number of rotatable bonds is 9. The van der Waals surface area contributed by atoms with Crippen LogP contribution in [0.25, 0.3) is 11.8 Å². The molecule has 1 saturated heterocycles.